The molecule has 4 aromatic carbocycles. The van der Waals surface area contributed by atoms with Gasteiger partial charge in [0.1, 0.15) is 29.6 Å². The SMILES string of the molecule is C=C(O)/C(=C(O)\C(O)=C(\O)CO)c1c(O)c(O)c(C2=CCC(N(c3ccccc3C3C=CC=CC3)c3c(O)c(O)c(-c4ccc5c(c4)CCc4oc6c(c4-5)C=CCC6)c(O)c3O)C=C2)c(O)c1O. The molecule has 5 aromatic rings. The summed E-state index contributed by atoms with van der Waals surface area (Å²) in [5, 5.41) is 143. The fourth-order valence-electron chi connectivity index (χ4n) is 9.65. The van der Waals surface area contributed by atoms with Crippen molar-refractivity contribution in [1.82, 2.24) is 0 Å². The maximum atomic E-state index is 12.1. The van der Waals surface area contributed by atoms with E-state index in [0.29, 0.717) is 30.5 Å². The molecule has 0 amide bonds. The molecule has 1 heterocycles. The Morgan fingerprint density at radius 1 is 0.676 bits per heavy atom. The fraction of sp³-hybridized carbons (Fsp3) is 0.170. The molecular weight excluding hydrogens is 875 g/mol. The number of benzene rings is 4. The van der Waals surface area contributed by atoms with Gasteiger partial charge >= 0.3 is 0 Å². The molecule has 13 N–H and O–H groups in total. The van der Waals surface area contributed by atoms with Crippen molar-refractivity contribution in [2.75, 3.05) is 11.5 Å². The van der Waals surface area contributed by atoms with Crippen LogP contribution >= 0.6 is 0 Å². The summed E-state index contributed by atoms with van der Waals surface area (Å²) in [5.41, 5.74) is 2.48. The van der Waals surface area contributed by atoms with Gasteiger partial charge < -0.3 is 75.7 Å². The van der Waals surface area contributed by atoms with Gasteiger partial charge in [0, 0.05) is 35.6 Å². The third-order valence-corrected chi connectivity index (χ3v) is 12.9. The number of aliphatic hydroxyl groups is 5. The molecule has 0 radical (unpaired) electrons. The van der Waals surface area contributed by atoms with E-state index in [1.165, 1.54) is 12.2 Å². The normalized spacial score (nSPS) is 17.7. The number of para-hydroxylation sites is 1. The Kier molecular flexibility index (Phi) is 11.4. The van der Waals surface area contributed by atoms with Crippen LogP contribution in [0.1, 0.15) is 64.5 Å². The van der Waals surface area contributed by atoms with Crippen LogP contribution in [0.3, 0.4) is 0 Å². The Hall–Kier alpha value is -8.56. The zero-order chi connectivity index (χ0) is 48.3. The molecular formula is C53H47NO14. The van der Waals surface area contributed by atoms with Crippen molar-refractivity contribution < 1.29 is 70.8 Å². The number of hydrogen-bond donors (Lipinski definition) is 13. The molecule has 1 aromatic heterocycles. The summed E-state index contributed by atoms with van der Waals surface area (Å²) in [6, 6.07) is 11.8. The average Bonchev–Trinajstić information content (AvgIpc) is 3.74. The zero-order valence-electron chi connectivity index (χ0n) is 36.2. The molecule has 348 valence electrons. The number of nitrogens with zero attached hydrogens (tertiary/aromatic N) is 1. The molecule has 9 rings (SSSR count). The number of aryl methyl sites for hydroxylation is 3. The van der Waals surface area contributed by atoms with Crippen LogP contribution in [0.2, 0.25) is 0 Å². The maximum Gasteiger partial charge on any atom is 0.199 e. The second-order valence-electron chi connectivity index (χ2n) is 16.8. The first-order valence-corrected chi connectivity index (χ1v) is 21.7. The van der Waals surface area contributed by atoms with Crippen LogP contribution in [0, 0.1) is 0 Å². The number of aromatic hydroxyl groups is 8. The minimum absolute atomic E-state index is 0.0289. The summed E-state index contributed by atoms with van der Waals surface area (Å²) in [6.07, 6.45) is 20.0. The van der Waals surface area contributed by atoms with Crippen LogP contribution in [0.15, 0.2) is 125 Å². The molecule has 0 aliphatic heterocycles. The average molecular weight is 922 g/mol. The van der Waals surface area contributed by atoms with Crippen molar-refractivity contribution in [1.29, 1.82) is 0 Å². The van der Waals surface area contributed by atoms with E-state index < -0.39 is 98.4 Å². The molecule has 0 spiro atoms. The first-order chi connectivity index (χ1) is 32.6. The number of phenols is 8. The highest BCUT2D eigenvalue weighted by Gasteiger charge is 2.36. The van der Waals surface area contributed by atoms with Crippen LogP contribution in [-0.4, -0.2) is 79.0 Å². The quantitative estimate of drug-likeness (QED) is 0.0269. The fourth-order valence-corrected chi connectivity index (χ4v) is 9.65. The monoisotopic (exact) mass is 921 g/mol. The second-order valence-corrected chi connectivity index (χ2v) is 16.8. The van der Waals surface area contributed by atoms with Crippen molar-refractivity contribution in [3.05, 3.63) is 160 Å². The summed E-state index contributed by atoms with van der Waals surface area (Å²) in [5.74, 6) is -10.8. The van der Waals surface area contributed by atoms with Crippen molar-refractivity contribution in [2.24, 2.45) is 0 Å². The van der Waals surface area contributed by atoms with Gasteiger partial charge in [0.15, 0.2) is 63.3 Å². The minimum atomic E-state index is -1.38. The van der Waals surface area contributed by atoms with Crippen LogP contribution in [0.5, 0.6) is 46.0 Å². The lowest BCUT2D eigenvalue weighted by molar-refractivity contribution is 0.218. The van der Waals surface area contributed by atoms with Gasteiger partial charge in [0.2, 0.25) is 0 Å². The predicted octanol–water partition coefficient (Wildman–Crippen LogP) is 10.1. The van der Waals surface area contributed by atoms with Crippen LogP contribution in [0.25, 0.3) is 39.5 Å². The molecule has 0 bridgehead atoms. The smallest absolute Gasteiger partial charge is 0.199 e. The van der Waals surface area contributed by atoms with Gasteiger partial charge in [-0.15, -0.1) is 0 Å². The number of rotatable bonds is 10. The summed E-state index contributed by atoms with van der Waals surface area (Å²) >= 11 is 0. The lowest BCUT2D eigenvalue weighted by atomic mass is 9.84. The first-order valence-electron chi connectivity index (χ1n) is 21.7. The van der Waals surface area contributed by atoms with Gasteiger partial charge in [-0.05, 0) is 59.6 Å². The summed E-state index contributed by atoms with van der Waals surface area (Å²) in [7, 11) is 0. The third-order valence-electron chi connectivity index (χ3n) is 12.9. The molecule has 15 heteroatoms. The molecule has 0 fully saturated rings. The Labute approximate surface area is 388 Å². The summed E-state index contributed by atoms with van der Waals surface area (Å²) in [6.45, 7) is 2.07. The number of allylic oxidation sites excluding steroid dienone is 8. The Morgan fingerprint density at radius 2 is 1.38 bits per heavy atom. The molecule has 68 heavy (non-hydrogen) atoms. The van der Waals surface area contributed by atoms with Gasteiger partial charge in [0.25, 0.3) is 0 Å². The van der Waals surface area contributed by atoms with Gasteiger partial charge in [-0.1, -0.05) is 97.7 Å². The van der Waals surface area contributed by atoms with E-state index in [-0.39, 0.29) is 29.2 Å². The van der Waals surface area contributed by atoms with Crippen molar-refractivity contribution in [3.63, 3.8) is 0 Å². The standard InChI is InChI=1S/C53H47NO14/c1-25(56)38(45(59)44(58)35(57)24-55)42-50(64)46(60)39(47(61)51(42)65)27-15-19-30(20-16-27)54(34-13-7-5-11-31(34)26-9-3-2-4-10-26)43-52(66)48(62)40(49(63)53(43)67)29-17-21-32-28(23-29)18-22-37-41(32)33-12-6-8-14-36(33)68-37/h2-7,9,11-13,15-17,19,21,23,26,30,55-67H,1,8,10,14,18,20,22,24H2/b44-35-,45-38-. The van der Waals surface area contributed by atoms with E-state index >= 15 is 0 Å². The van der Waals surface area contributed by atoms with E-state index in [2.05, 4.69) is 18.7 Å². The number of aliphatic hydroxyl groups excluding tert-OH is 5. The highest BCUT2D eigenvalue weighted by Crippen LogP contribution is 2.59. The zero-order valence-corrected chi connectivity index (χ0v) is 36.2. The Bertz CT molecular complexity index is 3120. The lowest BCUT2D eigenvalue weighted by Gasteiger charge is -2.36. The summed E-state index contributed by atoms with van der Waals surface area (Å²) < 4.78 is 6.23. The van der Waals surface area contributed by atoms with Crippen molar-refractivity contribution in [2.45, 2.75) is 50.5 Å². The molecule has 4 aliphatic rings. The van der Waals surface area contributed by atoms with Crippen molar-refractivity contribution >= 4 is 28.6 Å². The Morgan fingerprint density at radius 3 is 2.03 bits per heavy atom. The molecule has 0 saturated carbocycles. The number of anilines is 2. The van der Waals surface area contributed by atoms with E-state index in [1.807, 2.05) is 48.6 Å². The van der Waals surface area contributed by atoms with E-state index in [9.17, 15) is 66.4 Å². The van der Waals surface area contributed by atoms with Crippen LogP contribution in [-0.2, 0) is 19.3 Å². The van der Waals surface area contributed by atoms with E-state index in [4.69, 9.17) is 4.42 Å². The van der Waals surface area contributed by atoms with Gasteiger partial charge in [0.05, 0.1) is 28.3 Å². The first kappa shape index (κ1) is 44.6. The van der Waals surface area contributed by atoms with Gasteiger partial charge in [-0.3, -0.25) is 0 Å². The minimum Gasteiger partial charge on any atom is -0.508 e. The largest absolute Gasteiger partial charge is 0.508 e. The molecule has 2 unspecified atom stereocenters. The Balaban J connectivity index is 1.14. The molecule has 2 atom stereocenters. The maximum absolute atomic E-state index is 12.1. The number of phenolic OH excluding ortho intramolecular Hbond substituents is 8. The highest BCUT2D eigenvalue weighted by atomic mass is 16.4. The molecule has 4 aliphatic carbocycles. The van der Waals surface area contributed by atoms with E-state index in [1.54, 1.807) is 29.2 Å². The van der Waals surface area contributed by atoms with Crippen molar-refractivity contribution in [3.8, 4) is 68.2 Å². The van der Waals surface area contributed by atoms with Gasteiger partial charge in [-0.25, -0.2) is 0 Å². The summed E-state index contributed by atoms with van der Waals surface area (Å²) in [4.78, 5) is 1.55. The van der Waals surface area contributed by atoms with E-state index in [0.717, 1.165) is 52.2 Å². The highest BCUT2D eigenvalue weighted by molar-refractivity contribution is 5.96. The van der Waals surface area contributed by atoms with Crippen LogP contribution < -0.4 is 4.90 Å². The molecule has 15 nitrogen and oxygen atoms in total. The topological polar surface area (TPSA) is 279 Å². The van der Waals surface area contributed by atoms with Crippen LogP contribution in [0.4, 0.5) is 11.4 Å². The number of hydrogen-bond acceptors (Lipinski definition) is 15. The lowest BCUT2D eigenvalue weighted by Crippen LogP contribution is -2.31. The second kappa shape index (κ2) is 17.3. The predicted molar refractivity (Wildman–Crippen MR) is 255 cm³/mol. The number of fused-ring (bicyclic) bond motifs is 5. The molecule has 0 saturated heterocycles. The van der Waals surface area contributed by atoms with Gasteiger partial charge in [-0.2, -0.15) is 0 Å². The third kappa shape index (κ3) is 7.20. The number of furan rings is 1.